The summed E-state index contributed by atoms with van der Waals surface area (Å²) in [7, 11) is 0. The van der Waals surface area contributed by atoms with Gasteiger partial charge in [0, 0.05) is 0 Å². The van der Waals surface area contributed by atoms with E-state index in [0.29, 0.717) is 30.1 Å². The molecule has 0 saturated heterocycles. The molecule has 0 nitrogen and oxygen atoms in total. The maximum atomic E-state index is 13.3. The second-order valence-corrected chi connectivity index (χ2v) is 11.9. The Kier molecular flexibility index (Phi) is 6.60. The third-order valence-corrected chi connectivity index (χ3v) is 10.6. The Hall–Kier alpha value is -0.210. The molecule has 0 N–H and O–H groups in total. The van der Waals surface area contributed by atoms with E-state index in [0.717, 1.165) is 48.3 Å². The Morgan fingerprint density at radius 1 is 0.800 bits per heavy atom. The molecule has 0 aromatic rings. The molecule has 9 unspecified atom stereocenters. The van der Waals surface area contributed by atoms with Gasteiger partial charge in [-0.3, -0.25) is 0 Å². The van der Waals surface area contributed by atoms with Gasteiger partial charge in [0.1, 0.15) is 0 Å². The van der Waals surface area contributed by atoms with Crippen molar-refractivity contribution in [1.82, 2.24) is 0 Å². The zero-order valence-electron chi connectivity index (χ0n) is 19.8. The van der Waals surface area contributed by atoms with Gasteiger partial charge in [0.15, 0.2) is 0 Å². The summed E-state index contributed by atoms with van der Waals surface area (Å²) >= 11 is 0. The zero-order valence-corrected chi connectivity index (χ0v) is 19.8. The van der Waals surface area contributed by atoms with E-state index in [9.17, 15) is 13.2 Å². The van der Waals surface area contributed by atoms with E-state index in [1.54, 1.807) is 0 Å². The van der Waals surface area contributed by atoms with Crippen molar-refractivity contribution in [2.24, 2.45) is 58.7 Å². The predicted molar refractivity (Wildman–Crippen MR) is 118 cm³/mol. The number of hydrogen-bond acceptors (Lipinski definition) is 0. The van der Waals surface area contributed by atoms with Gasteiger partial charge in [-0.1, -0.05) is 47.0 Å². The highest BCUT2D eigenvalue weighted by molar-refractivity contribution is 5.07. The van der Waals surface area contributed by atoms with Crippen LogP contribution in [0.3, 0.4) is 0 Å². The molecule has 3 heteroatoms. The lowest BCUT2D eigenvalue weighted by molar-refractivity contribution is -0.196. The molecule has 5 rings (SSSR count). The lowest BCUT2D eigenvalue weighted by atomic mass is 9.49. The summed E-state index contributed by atoms with van der Waals surface area (Å²) in [5.41, 5.74) is 0.519. The van der Waals surface area contributed by atoms with Gasteiger partial charge in [0.05, 0.1) is 5.92 Å². The van der Waals surface area contributed by atoms with Gasteiger partial charge in [-0.15, -0.1) is 0 Å². The molecule has 0 amide bonds. The van der Waals surface area contributed by atoms with Crippen molar-refractivity contribution in [2.45, 2.75) is 111 Å². The van der Waals surface area contributed by atoms with Crippen molar-refractivity contribution >= 4 is 0 Å². The topological polar surface area (TPSA) is 0 Å². The van der Waals surface area contributed by atoms with Crippen LogP contribution in [0.1, 0.15) is 105 Å². The van der Waals surface area contributed by atoms with Crippen LogP contribution in [0.15, 0.2) is 0 Å². The second kappa shape index (κ2) is 8.62. The molecular weight excluding hydrogens is 381 g/mol. The van der Waals surface area contributed by atoms with Crippen LogP contribution in [0, 0.1) is 58.7 Å². The maximum Gasteiger partial charge on any atom is 0.391 e. The van der Waals surface area contributed by atoms with Gasteiger partial charge in [0.2, 0.25) is 0 Å². The highest BCUT2D eigenvalue weighted by Gasteiger charge is 2.59. The summed E-state index contributed by atoms with van der Waals surface area (Å²) in [4.78, 5) is 0. The van der Waals surface area contributed by atoms with Crippen LogP contribution in [0.4, 0.5) is 13.2 Å². The third kappa shape index (κ3) is 4.09. The Labute approximate surface area is 183 Å². The first-order valence-electron chi connectivity index (χ1n) is 13.3. The van der Waals surface area contributed by atoms with Gasteiger partial charge < -0.3 is 0 Å². The molecule has 0 bridgehead atoms. The summed E-state index contributed by atoms with van der Waals surface area (Å²) in [6.07, 6.45) is 9.89. The fraction of sp³-hybridized carbons (Fsp3) is 1.00. The Morgan fingerprint density at radius 2 is 1.50 bits per heavy atom. The minimum Gasteiger partial charge on any atom is -0.171 e. The molecular formula is C27H45F3. The monoisotopic (exact) mass is 426 g/mol. The Bertz CT molecular complexity index is 579. The van der Waals surface area contributed by atoms with Crippen LogP contribution >= 0.6 is 0 Å². The van der Waals surface area contributed by atoms with Crippen molar-refractivity contribution in [3.63, 3.8) is 0 Å². The van der Waals surface area contributed by atoms with E-state index in [1.807, 2.05) is 13.8 Å². The quantitative estimate of drug-likeness (QED) is 0.422. The lowest BCUT2D eigenvalue weighted by Gasteiger charge is -2.56. The van der Waals surface area contributed by atoms with Gasteiger partial charge in [-0.2, -0.15) is 13.2 Å². The van der Waals surface area contributed by atoms with Crippen LogP contribution in [-0.4, -0.2) is 6.18 Å². The van der Waals surface area contributed by atoms with Gasteiger partial charge >= 0.3 is 6.18 Å². The van der Waals surface area contributed by atoms with Gasteiger partial charge in [-0.25, -0.2) is 0 Å². The molecule has 5 aliphatic carbocycles. The average molecular weight is 427 g/mol. The lowest BCUT2D eigenvalue weighted by Crippen LogP contribution is -2.49. The molecule has 174 valence electrons. The van der Waals surface area contributed by atoms with Crippen molar-refractivity contribution in [1.29, 1.82) is 0 Å². The average Bonchev–Trinajstić information content (AvgIpc) is 3.50. The zero-order chi connectivity index (χ0) is 21.7. The van der Waals surface area contributed by atoms with E-state index < -0.39 is 12.1 Å². The van der Waals surface area contributed by atoms with Crippen molar-refractivity contribution in [3.8, 4) is 0 Å². The first kappa shape index (κ1) is 23.0. The van der Waals surface area contributed by atoms with Crippen molar-refractivity contribution in [2.75, 3.05) is 0 Å². The van der Waals surface area contributed by atoms with Gasteiger partial charge in [-0.05, 0) is 111 Å². The van der Waals surface area contributed by atoms with Gasteiger partial charge in [0.25, 0.3) is 0 Å². The molecule has 9 atom stereocenters. The van der Waals surface area contributed by atoms with E-state index in [4.69, 9.17) is 0 Å². The molecule has 0 spiro atoms. The number of fused-ring (bicyclic) bond motifs is 5. The minimum atomic E-state index is -3.97. The largest absolute Gasteiger partial charge is 0.391 e. The highest BCUT2D eigenvalue weighted by Crippen LogP contribution is 2.67. The van der Waals surface area contributed by atoms with E-state index in [1.165, 1.54) is 51.4 Å². The highest BCUT2D eigenvalue weighted by atomic mass is 19.4. The summed E-state index contributed by atoms with van der Waals surface area (Å²) in [5.74, 6) is 5.13. The molecule has 0 radical (unpaired) electrons. The van der Waals surface area contributed by atoms with Crippen molar-refractivity contribution < 1.29 is 13.2 Å². The molecule has 0 aromatic carbocycles. The summed E-state index contributed by atoms with van der Waals surface area (Å²) in [5, 5.41) is 0. The number of rotatable bonds is 3. The molecule has 0 aromatic heterocycles. The Balaban J connectivity index is 0.00000106. The van der Waals surface area contributed by atoms with Crippen LogP contribution in [0.2, 0.25) is 0 Å². The van der Waals surface area contributed by atoms with E-state index in [2.05, 4.69) is 13.8 Å². The molecule has 0 aliphatic heterocycles. The predicted octanol–water partition coefficient (Wildman–Crippen LogP) is 8.90. The first-order valence-corrected chi connectivity index (χ1v) is 13.3. The van der Waals surface area contributed by atoms with Crippen LogP contribution < -0.4 is 0 Å². The van der Waals surface area contributed by atoms with E-state index >= 15 is 0 Å². The van der Waals surface area contributed by atoms with Crippen LogP contribution in [0.25, 0.3) is 0 Å². The molecule has 5 aliphatic rings. The summed E-state index contributed by atoms with van der Waals surface area (Å²) in [6, 6.07) is 0. The fourth-order valence-electron chi connectivity index (χ4n) is 9.05. The molecule has 5 fully saturated rings. The SMILES string of the molecule is CC.CC1CC2C3CCC4CC(C(F)(F)F)CCC4C3CCC2(C)C1CCC1CC1. The molecule has 0 heterocycles. The van der Waals surface area contributed by atoms with E-state index in [-0.39, 0.29) is 0 Å². The molecule has 5 saturated carbocycles. The summed E-state index contributed by atoms with van der Waals surface area (Å²) < 4.78 is 39.8. The fourth-order valence-corrected chi connectivity index (χ4v) is 9.05. The summed E-state index contributed by atoms with van der Waals surface area (Å²) in [6.45, 7) is 9.12. The first-order chi connectivity index (χ1) is 14.3. The standard InChI is InChI=1S/C25H39F3.C2H6/c1-15-13-23-21-8-6-17-14-18(25(26,27)28)7-9-19(17)20(21)11-12-24(23,2)22(15)10-5-16-3-4-16;1-2/h15-23H,3-14H2,1-2H3;1-2H3. The second-order valence-electron chi connectivity index (χ2n) is 11.9. The Morgan fingerprint density at radius 3 is 2.17 bits per heavy atom. The maximum absolute atomic E-state index is 13.3. The minimum absolute atomic E-state index is 0.357. The number of halogens is 3. The normalized spacial score (nSPS) is 48.1. The van der Waals surface area contributed by atoms with Crippen molar-refractivity contribution in [3.05, 3.63) is 0 Å². The third-order valence-electron chi connectivity index (χ3n) is 10.6. The smallest absolute Gasteiger partial charge is 0.171 e. The number of hydrogen-bond donors (Lipinski definition) is 0. The van der Waals surface area contributed by atoms with Crippen LogP contribution in [-0.2, 0) is 0 Å². The van der Waals surface area contributed by atoms with Crippen LogP contribution in [0.5, 0.6) is 0 Å². The molecule has 30 heavy (non-hydrogen) atoms. The number of alkyl halides is 3.